The first-order chi connectivity index (χ1) is 17.4. The highest BCUT2D eigenvalue weighted by Gasteiger charge is 2.53. The summed E-state index contributed by atoms with van der Waals surface area (Å²) in [6.07, 6.45) is 1.67. The molecule has 1 fully saturated rings. The lowest BCUT2D eigenvalue weighted by atomic mass is 9.97. The quantitative estimate of drug-likeness (QED) is 0.385. The summed E-state index contributed by atoms with van der Waals surface area (Å²) >= 11 is 0. The van der Waals surface area contributed by atoms with Crippen molar-refractivity contribution in [2.45, 2.75) is 75.8 Å². The van der Waals surface area contributed by atoms with E-state index in [0.717, 1.165) is 4.31 Å². The maximum absolute atomic E-state index is 14.0. The minimum absolute atomic E-state index is 0.0577. The lowest BCUT2D eigenvalue weighted by Gasteiger charge is -2.39. The molecule has 8 nitrogen and oxygen atoms in total. The molecule has 0 N–H and O–H groups in total. The summed E-state index contributed by atoms with van der Waals surface area (Å²) in [7, 11) is -4.23. The zero-order chi connectivity index (χ0) is 27.3. The Morgan fingerprint density at radius 2 is 1.51 bits per heavy atom. The summed E-state index contributed by atoms with van der Waals surface area (Å²) in [6.45, 7) is 6.79. The van der Waals surface area contributed by atoms with E-state index >= 15 is 0 Å². The first kappa shape index (κ1) is 28.6. The van der Waals surface area contributed by atoms with Gasteiger partial charge >= 0.3 is 11.9 Å². The van der Waals surface area contributed by atoms with E-state index in [9.17, 15) is 22.4 Å². The second-order valence-corrected chi connectivity index (χ2v) is 11.8. The van der Waals surface area contributed by atoms with Gasteiger partial charge in [0.05, 0.1) is 17.9 Å². The lowest BCUT2D eigenvalue weighted by molar-refractivity contribution is -0.167. The van der Waals surface area contributed by atoms with Gasteiger partial charge in [0.25, 0.3) is 0 Å². The summed E-state index contributed by atoms with van der Waals surface area (Å²) in [4.78, 5) is 25.6. The third kappa shape index (κ3) is 7.07. The van der Waals surface area contributed by atoms with E-state index in [0.29, 0.717) is 24.3 Å². The van der Waals surface area contributed by atoms with Gasteiger partial charge in [-0.1, -0.05) is 12.8 Å². The van der Waals surface area contributed by atoms with Crippen LogP contribution in [0.3, 0.4) is 0 Å². The zero-order valence-corrected chi connectivity index (χ0v) is 22.5. The van der Waals surface area contributed by atoms with E-state index in [-0.39, 0.29) is 37.3 Å². The molecular formula is C27H34FNO7S. The van der Waals surface area contributed by atoms with E-state index in [2.05, 4.69) is 0 Å². The molecule has 1 aliphatic rings. The molecule has 1 saturated carbocycles. The number of halogens is 1. The molecule has 0 aliphatic heterocycles. The van der Waals surface area contributed by atoms with Crippen LogP contribution in [0.4, 0.5) is 4.39 Å². The van der Waals surface area contributed by atoms with Crippen molar-refractivity contribution in [1.29, 1.82) is 0 Å². The molecular weight excluding hydrogens is 501 g/mol. The summed E-state index contributed by atoms with van der Waals surface area (Å²) in [5.74, 6) is -0.832. The normalized spacial score (nSPS) is 15.4. The molecule has 0 aromatic heterocycles. The number of benzene rings is 2. The molecule has 10 heteroatoms. The SMILES string of the molecule is CCOC(=O)CCN(C1(C(=O)OC(C)(C)C)CCCC1)S(=O)(=O)c1ccc(Oc2ccc(F)cc2)cc1. The second-order valence-electron chi connectivity index (χ2n) is 9.90. The lowest BCUT2D eigenvalue weighted by Crippen LogP contribution is -2.57. The van der Waals surface area contributed by atoms with E-state index in [4.69, 9.17) is 14.2 Å². The molecule has 0 saturated heterocycles. The summed E-state index contributed by atoms with van der Waals surface area (Å²) in [5, 5.41) is 0. The molecule has 1 aliphatic carbocycles. The number of carbonyl (C=O) groups is 2. The van der Waals surface area contributed by atoms with Crippen molar-refractivity contribution in [2.24, 2.45) is 0 Å². The number of rotatable bonds is 10. The Morgan fingerprint density at radius 3 is 2.03 bits per heavy atom. The Bertz CT molecular complexity index is 1180. The molecule has 3 rings (SSSR count). The predicted octanol–water partition coefficient (Wildman–Crippen LogP) is 5.22. The maximum Gasteiger partial charge on any atom is 0.328 e. The van der Waals surface area contributed by atoms with Gasteiger partial charge in [-0.05, 0) is 89.1 Å². The molecule has 0 bridgehead atoms. The molecule has 0 radical (unpaired) electrons. The number of nitrogens with zero attached hydrogens (tertiary/aromatic N) is 1. The number of carbonyl (C=O) groups excluding carboxylic acids is 2. The zero-order valence-electron chi connectivity index (χ0n) is 21.7. The van der Waals surface area contributed by atoms with Gasteiger partial charge in [-0.25, -0.2) is 17.6 Å². The minimum atomic E-state index is -4.23. The highest BCUT2D eigenvalue weighted by Crippen LogP contribution is 2.41. The van der Waals surface area contributed by atoms with Crippen molar-refractivity contribution in [1.82, 2.24) is 4.31 Å². The van der Waals surface area contributed by atoms with Crippen LogP contribution < -0.4 is 4.74 Å². The Balaban J connectivity index is 1.95. The number of sulfonamides is 1. The van der Waals surface area contributed by atoms with E-state index < -0.39 is 38.9 Å². The molecule has 0 heterocycles. The molecule has 0 spiro atoms. The topological polar surface area (TPSA) is 99.2 Å². The van der Waals surface area contributed by atoms with Crippen LogP contribution in [0, 0.1) is 5.82 Å². The Kier molecular flexibility index (Phi) is 8.96. The van der Waals surface area contributed by atoms with E-state index in [1.165, 1.54) is 48.5 Å². The van der Waals surface area contributed by atoms with Crippen LogP contribution in [0.1, 0.15) is 59.8 Å². The fraction of sp³-hybridized carbons (Fsp3) is 0.481. The number of hydrogen-bond donors (Lipinski definition) is 0. The van der Waals surface area contributed by atoms with Crippen molar-refractivity contribution in [3.63, 3.8) is 0 Å². The van der Waals surface area contributed by atoms with Gasteiger partial charge in [-0.3, -0.25) is 4.79 Å². The van der Waals surface area contributed by atoms with Gasteiger partial charge in [0, 0.05) is 6.54 Å². The smallest absolute Gasteiger partial charge is 0.328 e. The first-order valence-electron chi connectivity index (χ1n) is 12.3. The van der Waals surface area contributed by atoms with Crippen molar-refractivity contribution < 1.29 is 36.6 Å². The van der Waals surface area contributed by atoms with Gasteiger partial charge < -0.3 is 14.2 Å². The van der Waals surface area contributed by atoms with Crippen molar-refractivity contribution >= 4 is 22.0 Å². The van der Waals surface area contributed by atoms with Crippen molar-refractivity contribution in [3.8, 4) is 11.5 Å². The standard InChI is InChI=1S/C27H34FNO7S/c1-5-34-24(30)16-19-29(27(17-6-7-18-27)25(31)36-26(2,3)4)37(32,33)23-14-12-22(13-15-23)35-21-10-8-20(28)9-11-21/h8-15H,5-7,16-19H2,1-4H3. The highest BCUT2D eigenvalue weighted by atomic mass is 32.2. The average Bonchev–Trinajstić information content (AvgIpc) is 3.31. The van der Waals surface area contributed by atoms with Crippen LogP contribution >= 0.6 is 0 Å². The van der Waals surface area contributed by atoms with Crippen LogP contribution in [0.2, 0.25) is 0 Å². The molecule has 202 valence electrons. The van der Waals surface area contributed by atoms with Gasteiger partial charge in [0.1, 0.15) is 28.5 Å². The Labute approximate surface area is 217 Å². The van der Waals surface area contributed by atoms with Crippen molar-refractivity contribution in [2.75, 3.05) is 13.2 Å². The van der Waals surface area contributed by atoms with Crippen molar-refractivity contribution in [3.05, 3.63) is 54.3 Å². The monoisotopic (exact) mass is 535 g/mol. The molecule has 0 amide bonds. The predicted molar refractivity (Wildman–Crippen MR) is 135 cm³/mol. The van der Waals surface area contributed by atoms with E-state index in [1.807, 2.05) is 0 Å². The number of hydrogen-bond acceptors (Lipinski definition) is 7. The third-order valence-corrected chi connectivity index (χ3v) is 7.95. The van der Waals surface area contributed by atoms with Gasteiger partial charge in [-0.2, -0.15) is 4.31 Å². The molecule has 0 atom stereocenters. The minimum Gasteiger partial charge on any atom is -0.466 e. The average molecular weight is 536 g/mol. The van der Waals surface area contributed by atoms with Gasteiger partial charge in [-0.15, -0.1) is 0 Å². The number of ether oxygens (including phenoxy) is 3. The fourth-order valence-electron chi connectivity index (χ4n) is 4.32. The molecule has 2 aromatic rings. The van der Waals surface area contributed by atoms with Crippen LogP contribution in [0.25, 0.3) is 0 Å². The molecule has 0 unspecified atom stereocenters. The first-order valence-corrected chi connectivity index (χ1v) is 13.8. The molecule has 2 aromatic carbocycles. The van der Waals surface area contributed by atoms with E-state index in [1.54, 1.807) is 27.7 Å². The Morgan fingerprint density at radius 1 is 0.973 bits per heavy atom. The van der Waals surface area contributed by atoms with Gasteiger partial charge in [0.15, 0.2) is 0 Å². The van der Waals surface area contributed by atoms with Crippen LogP contribution in [0.15, 0.2) is 53.4 Å². The van der Waals surface area contributed by atoms with Crippen LogP contribution in [-0.4, -0.2) is 49.0 Å². The Hall–Kier alpha value is -2.98. The highest BCUT2D eigenvalue weighted by molar-refractivity contribution is 7.89. The van der Waals surface area contributed by atoms with Gasteiger partial charge in [0.2, 0.25) is 10.0 Å². The summed E-state index contributed by atoms with van der Waals surface area (Å²) < 4.78 is 58.5. The summed E-state index contributed by atoms with van der Waals surface area (Å²) in [5.41, 5.74) is -2.25. The third-order valence-electron chi connectivity index (χ3n) is 5.97. The largest absolute Gasteiger partial charge is 0.466 e. The number of esters is 2. The second kappa shape index (κ2) is 11.6. The molecule has 37 heavy (non-hydrogen) atoms. The van der Waals surface area contributed by atoms with Crippen LogP contribution in [-0.2, 0) is 29.1 Å². The summed E-state index contributed by atoms with van der Waals surface area (Å²) in [6, 6.07) is 11.2. The fourth-order valence-corrected chi connectivity index (χ4v) is 6.11. The maximum atomic E-state index is 14.0. The van der Waals surface area contributed by atoms with Crippen LogP contribution in [0.5, 0.6) is 11.5 Å².